The first-order valence-electron chi connectivity index (χ1n) is 12.3. The number of benzene rings is 1. The molecule has 36 heavy (non-hydrogen) atoms. The zero-order chi connectivity index (χ0) is 26.3. The van der Waals surface area contributed by atoms with E-state index in [-0.39, 0.29) is 18.4 Å². The smallest absolute Gasteiger partial charge is 0.444 e. The molecule has 1 aliphatic carbocycles. The van der Waals surface area contributed by atoms with E-state index in [0.29, 0.717) is 32.4 Å². The molecule has 10 heteroatoms. The predicted octanol–water partition coefficient (Wildman–Crippen LogP) is 4.98. The minimum Gasteiger partial charge on any atom is -0.444 e. The summed E-state index contributed by atoms with van der Waals surface area (Å²) in [6.45, 7) is 6.20. The highest BCUT2D eigenvalue weighted by Crippen LogP contribution is 2.46. The highest BCUT2D eigenvalue weighted by molar-refractivity contribution is 5.82. The molecule has 2 heterocycles. The fourth-order valence-corrected chi connectivity index (χ4v) is 4.81. The standard InChI is InChI=1S/C26H33F3N4O3/c1-25(2,3)36-24(35)32-11-9-17(10-12-32)15-33(23(34)26(27,28)29)22-13-21(22)19-7-5-18(6-8-19)20-14-30-31(4)16-20/h5-8,14,16-17,21-22H,9-13,15H2,1-4H3/t21-,22+/m1/s1. The molecule has 0 N–H and O–H groups in total. The Labute approximate surface area is 209 Å². The van der Waals surface area contributed by atoms with Gasteiger partial charge >= 0.3 is 18.2 Å². The molecule has 0 unspecified atom stereocenters. The number of halogens is 3. The van der Waals surface area contributed by atoms with Crippen LogP contribution in [-0.4, -0.2) is 69.0 Å². The third kappa shape index (κ3) is 6.20. The number of carbonyl (C=O) groups is 2. The number of alkyl halides is 3. The van der Waals surface area contributed by atoms with Gasteiger partial charge < -0.3 is 14.5 Å². The van der Waals surface area contributed by atoms with Crippen molar-refractivity contribution in [1.82, 2.24) is 19.6 Å². The lowest BCUT2D eigenvalue weighted by Gasteiger charge is -2.36. The molecular weight excluding hydrogens is 473 g/mol. The fraction of sp³-hybridized carbons (Fsp3) is 0.577. The topological polar surface area (TPSA) is 67.7 Å². The van der Waals surface area contributed by atoms with E-state index in [2.05, 4.69) is 5.10 Å². The number of hydrogen-bond acceptors (Lipinski definition) is 4. The van der Waals surface area contributed by atoms with E-state index in [4.69, 9.17) is 4.74 Å². The summed E-state index contributed by atoms with van der Waals surface area (Å²) < 4.78 is 47.5. The highest BCUT2D eigenvalue weighted by atomic mass is 19.4. The third-order valence-corrected chi connectivity index (χ3v) is 6.76. The van der Waals surface area contributed by atoms with Gasteiger partial charge in [0.15, 0.2) is 0 Å². The molecule has 2 amide bonds. The monoisotopic (exact) mass is 506 g/mol. The number of nitrogens with zero attached hydrogens (tertiary/aromatic N) is 4. The zero-order valence-electron chi connectivity index (χ0n) is 21.1. The normalized spacial score (nSPS) is 20.8. The van der Waals surface area contributed by atoms with E-state index in [1.807, 2.05) is 37.5 Å². The molecule has 196 valence electrons. The van der Waals surface area contributed by atoms with Crippen molar-refractivity contribution in [3.05, 3.63) is 42.2 Å². The van der Waals surface area contributed by atoms with Gasteiger partial charge in [0.05, 0.1) is 6.20 Å². The van der Waals surface area contributed by atoms with Crippen molar-refractivity contribution in [2.45, 2.75) is 63.8 Å². The van der Waals surface area contributed by atoms with Crippen molar-refractivity contribution in [2.24, 2.45) is 13.0 Å². The average Bonchev–Trinajstić information content (AvgIpc) is 3.47. The van der Waals surface area contributed by atoms with Gasteiger partial charge in [-0.15, -0.1) is 0 Å². The van der Waals surface area contributed by atoms with Crippen LogP contribution in [0.25, 0.3) is 11.1 Å². The van der Waals surface area contributed by atoms with E-state index >= 15 is 0 Å². The van der Waals surface area contributed by atoms with Gasteiger partial charge in [-0.05, 0) is 57.1 Å². The molecule has 1 aromatic carbocycles. The lowest BCUT2D eigenvalue weighted by molar-refractivity contribution is -0.187. The molecule has 0 spiro atoms. The lowest BCUT2D eigenvalue weighted by Crippen LogP contribution is -2.48. The van der Waals surface area contributed by atoms with Gasteiger partial charge in [-0.1, -0.05) is 24.3 Å². The second-order valence-electron chi connectivity index (χ2n) is 10.8. The number of rotatable bonds is 5. The Morgan fingerprint density at radius 1 is 1.08 bits per heavy atom. The zero-order valence-corrected chi connectivity index (χ0v) is 21.1. The molecule has 7 nitrogen and oxygen atoms in total. The molecule has 0 radical (unpaired) electrons. The second kappa shape index (κ2) is 9.78. The van der Waals surface area contributed by atoms with Crippen LogP contribution in [0.1, 0.15) is 51.5 Å². The van der Waals surface area contributed by atoms with E-state index < -0.39 is 29.8 Å². The summed E-state index contributed by atoms with van der Waals surface area (Å²) in [5.41, 5.74) is 2.25. The summed E-state index contributed by atoms with van der Waals surface area (Å²) in [7, 11) is 1.83. The van der Waals surface area contributed by atoms with Crippen LogP contribution in [0.3, 0.4) is 0 Å². The number of piperidine rings is 1. The lowest BCUT2D eigenvalue weighted by atomic mass is 9.96. The molecular formula is C26H33F3N4O3. The van der Waals surface area contributed by atoms with Crippen LogP contribution >= 0.6 is 0 Å². The largest absolute Gasteiger partial charge is 0.471 e. The number of aryl methyl sites for hydroxylation is 1. The number of amides is 2. The number of ether oxygens (including phenoxy) is 1. The van der Waals surface area contributed by atoms with Crippen molar-refractivity contribution in [2.75, 3.05) is 19.6 Å². The van der Waals surface area contributed by atoms with Crippen LogP contribution in [0, 0.1) is 5.92 Å². The summed E-state index contributed by atoms with van der Waals surface area (Å²) in [6.07, 6.45) is -0.129. The summed E-state index contributed by atoms with van der Waals surface area (Å²) in [6, 6.07) is 7.23. The van der Waals surface area contributed by atoms with Crippen LogP contribution < -0.4 is 0 Å². The molecule has 1 aliphatic heterocycles. The summed E-state index contributed by atoms with van der Waals surface area (Å²) in [5.74, 6) is -2.01. The second-order valence-corrected chi connectivity index (χ2v) is 10.8. The minimum atomic E-state index is -4.92. The van der Waals surface area contributed by atoms with Gasteiger partial charge in [0, 0.05) is 50.4 Å². The van der Waals surface area contributed by atoms with Crippen LogP contribution in [0.4, 0.5) is 18.0 Å². The Morgan fingerprint density at radius 2 is 1.72 bits per heavy atom. The predicted molar refractivity (Wildman–Crippen MR) is 128 cm³/mol. The SMILES string of the molecule is Cn1cc(-c2ccc([C@H]3C[C@@H]3N(CC3CCN(C(=O)OC(C)(C)C)CC3)C(=O)C(F)(F)F)cc2)cn1. The van der Waals surface area contributed by atoms with E-state index in [0.717, 1.165) is 21.6 Å². The molecule has 1 saturated heterocycles. The van der Waals surface area contributed by atoms with Crippen LogP contribution in [0.5, 0.6) is 0 Å². The van der Waals surface area contributed by atoms with E-state index in [9.17, 15) is 22.8 Å². The fourth-order valence-electron chi connectivity index (χ4n) is 4.81. The maximum Gasteiger partial charge on any atom is 0.471 e. The average molecular weight is 507 g/mol. The quantitative estimate of drug-likeness (QED) is 0.574. The van der Waals surface area contributed by atoms with Gasteiger partial charge in [0.2, 0.25) is 0 Å². The Bertz CT molecular complexity index is 1080. The highest BCUT2D eigenvalue weighted by Gasteiger charge is 2.52. The molecule has 2 atom stereocenters. The molecule has 4 rings (SSSR count). The van der Waals surface area contributed by atoms with Crippen LogP contribution in [-0.2, 0) is 16.6 Å². The van der Waals surface area contributed by atoms with Crippen molar-refractivity contribution in [3.8, 4) is 11.1 Å². The first-order chi connectivity index (χ1) is 16.8. The van der Waals surface area contributed by atoms with Crippen molar-refractivity contribution >= 4 is 12.0 Å². The van der Waals surface area contributed by atoms with Crippen molar-refractivity contribution in [1.29, 1.82) is 0 Å². The Hall–Kier alpha value is -3.04. The van der Waals surface area contributed by atoms with Gasteiger partial charge in [0.25, 0.3) is 0 Å². The van der Waals surface area contributed by atoms with Crippen molar-refractivity contribution < 1.29 is 27.5 Å². The maximum atomic E-state index is 13.5. The molecule has 2 aromatic rings. The van der Waals surface area contributed by atoms with Crippen LogP contribution in [0.2, 0.25) is 0 Å². The molecule has 1 saturated carbocycles. The van der Waals surface area contributed by atoms with Gasteiger partial charge in [0.1, 0.15) is 5.60 Å². The Balaban J connectivity index is 1.40. The number of likely N-dealkylation sites (tertiary alicyclic amines) is 1. The van der Waals surface area contributed by atoms with Gasteiger partial charge in [-0.3, -0.25) is 9.48 Å². The van der Waals surface area contributed by atoms with E-state index in [1.165, 1.54) is 0 Å². The number of carbonyl (C=O) groups excluding carboxylic acids is 2. The first-order valence-corrected chi connectivity index (χ1v) is 12.3. The Kier molecular flexibility index (Phi) is 7.07. The minimum absolute atomic E-state index is 0.0371. The summed E-state index contributed by atoms with van der Waals surface area (Å²) in [4.78, 5) is 27.3. The molecule has 2 aliphatic rings. The van der Waals surface area contributed by atoms with Gasteiger partial charge in [-0.2, -0.15) is 18.3 Å². The van der Waals surface area contributed by atoms with Gasteiger partial charge in [-0.25, -0.2) is 4.79 Å². The van der Waals surface area contributed by atoms with Crippen LogP contribution in [0.15, 0.2) is 36.7 Å². The first kappa shape index (κ1) is 26.0. The summed E-state index contributed by atoms with van der Waals surface area (Å²) >= 11 is 0. The number of hydrogen-bond donors (Lipinski definition) is 0. The maximum absolute atomic E-state index is 13.5. The molecule has 0 bridgehead atoms. The Morgan fingerprint density at radius 3 is 2.25 bits per heavy atom. The van der Waals surface area contributed by atoms with E-state index in [1.54, 1.807) is 36.5 Å². The van der Waals surface area contributed by atoms with Crippen molar-refractivity contribution in [3.63, 3.8) is 0 Å². The molecule has 1 aromatic heterocycles. The molecule has 2 fully saturated rings. The number of aromatic nitrogens is 2. The third-order valence-electron chi connectivity index (χ3n) is 6.76. The summed E-state index contributed by atoms with van der Waals surface area (Å²) in [5, 5.41) is 4.16.